The summed E-state index contributed by atoms with van der Waals surface area (Å²) in [5, 5.41) is 14.0. The van der Waals surface area contributed by atoms with Gasteiger partial charge in [-0.05, 0) is 70.6 Å². The van der Waals surface area contributed by atoms with Crippen LogP contribution in [0.5, 0.6) is 0 Å². The maximum absolute atomic E-state index is 13.0. The summed E-state index contributed by atoms with van der Waals surface area (Å²) in [6, 6.07) is -0.810. The van der Waals surface area contributed by atoms with Crippen LogP contribution in [0, 0.1) is 0 Å². The molecule has 3 unspecified atom stereocenters. The van der Waals surface area contributed by atoms with Gasteiger partial charge in [0.2, 0.25) is 5.91 Å². The van der Waals surface area contributed by atoms with Gasteiger partial charge in [-0.25, -0.2) is 0 Å². The number of hydrogen-bond acceptors (Lipinski definition) is 6. The molecule has 0 fully saturated rings. The molecule has 0 aromatic rings. The van der Waals surface area contributed by atoms with E-state index in [9.17, 15) is 19.4 Å². The number of hydrogen-bond donors (Lipinski definition) is 2. The second-order valence-electron chi connectivity index (χ2n) is 21.7. The Balaban J connectivity index is 4.17. The lowest BCUT2D eigenvalue weighted by Gasteiger charge is -2.30. The zero-order valence-corrected chi connectivity index (χ0v) is 49.2. The van der Waals surface area contributed by atoms with Gasteiger partial charge in [0.1, 0.15) is 13.2 Å². The van der Waals surface area contributed by atoms with E-state index in [1.165, 1.54) is 148 Å². The van der Waals surface area contributed by atoms with Crippen LogP contribution in [0.25, 0.3) is 0 Å². The summed E-state index contributed by atoms with van der Waals surface area (Å²) in [6.45, 7) is 4.62. The number of likely N-dealkylation sites (N-methyl/N-ethyl adjacent to an activating group) is 1. The number of phosphoric ester groups is 1. The van der Waals surface area contributed by atoms with E-state index in [2.05, 4.69) is 104 Å². The van der Waals surface area contributed by atoms with Crippen molar-refractivity contribution in [2.75, 3.05) is 40.9 Å². The molecule has 0 aliphatic rings. The molecule has 3 atom stereocenters. The molecule has 0 heterocycles. The fourth-order valence-electron chi connectivity index (χ4n) is 8.67. The van der Waals surface area contributed by atoms with Gasteiger partial charge in [0.15, 0.2) is 0 Å². The fourth-order valence-corrected chi connectivity index (χ4v) is 9.39. The van der Waals surface area contributed by atoms with Crippen molar-refractivity contribution in [3.63, 3.8) is 0 Å². The second kappa shape index (κ2) is 54.5. The van der Waals surface area contributed by atoms with Crippen molar-refractivity contribution in [2.24, 2.45) is 0 Å². The summed E-state index contributed by atoms with van der Waals surface area (Å²) >= 11 is 0. The zero-order chi connectivity index (χ0) is 53.5. The fraction of sp³-hybridized carbons (Fsp3) is 0.766. The SMILES string of the molecule is CC/C=C\C/C=C\C/C=C\C/C=C\C/C=C\C/C=C\C/C=C\CCCCCCCCCCCC(=O)NC(COP(=O)([O-])OCC[N+](C)(C)C)C(O)CCCCCCCCCCCCCCCCCCCCCC. The van der Waals surface area contributed by atoms with Crippen molar-refractivity contribution in [3.8, 4) is 0 Å². The van der Waals surface area contributed by atoms with E-state index in [4.69, 9.17) is 9.05 Å². The van der Waals surface area contributed by atoms with Crippen LogP contribution >= 0.6 is 7.82 Å². The number of carbonyl (C=O) groups is 1. The van der Waals surface area contributed by atoms with Gasteiger partial charge in [0.25, 0.3) is 7.82 Å². The Morgan fingerprint density at radius 3 is 1.22 bits per heavy atom. The van der Waals surface area contributed by atoms with Crippen LogP contribution in [-0.4, -0.2) is 68.5 Å². The minimum absolute atomic E-state index is 0.00763. The molecule has 0 saturated carbocycles. The van der Waals surface area contributed by atoms with Crippen molar-refractivity contribution in [1.29, 1.82) is 0 Å². The van der Waals surface area contributed by atoms with Crippen LogP contribution in [0.4, 0.5) is 0 Å². The first-order valence-corrected chi connectivity index (χ1v) is 31.9. The van der Waals surface area contributed by atoms with E-state index in [-0.39, 0.29) is 19.1 Å². The summed E-state index contributed by atoms with van der Waals surface area (Å²) in [5.41, 5.74) is 0. The zero-order valence-electron chi connectivity index (χ0n) is 48.3. The van der Waals surface area contributed by atoms with Gasteiger partial charge >= 0.3 is 0 Å². The van der Waals surface area contributed by atoms with Crippen LogP contribution in [-0.2, 0) is 18.4 Å². The number of allylic oxidation sites excluding steroid dienone is 14. The van der Waals surface area contributed by atoms with Crippen LogP contribution in [0.1, 0.15) is 264 Å². The highest BCUT2D eigenvalue weighted by atomic mass is 31.2. The minimum Gasteiger partial charge on any atom is -0.756 e. The molecule has 0 bridgehead atoms. The molecule has 0 aliphatic carbocycles. The minimum atomic E-state index is -4.58. The molecule has 9 heteroatoms. The van der Waals surface area contributed by atoms with Gasteiger partial charge in [0.05, 0.1) is 39.9 Å². The Morgan fingerprint density at radius 2 is 0.836 bits per heavy atom. The lowest BCUT2D eigenvalue weighted by atomic mass is 10.0. The predicted molar refractivity (Wildman–Crippen MR) is 316 cm³/mol. The Kier molecular flexibility index (Phi) is 52.7. The molecular formula is C64H117N2O6P. The quantitative estimate of drug-likeness (QED) is 0.0272. The third-order valence-electron chi connectivity index (χ3n) is 13.4. The number of aliphatic hydroxyl groups is 1. The van der Waals surface area contributed by atoms with Crippen LogP contribution < -0.4 is 10.2 Å². The summed E-state index contributed by atoms with van der Waals surface area (Å²) in [6.07, 6.45) is 76.1. The number of carbonyl (C=O) groups excluding carboxylic acids is 1. The van der Waals surface area contributed by atoms with Crippen LogP contribution in [0.2, 0.25) is 0 Å². The largest absolute Gasteiger partial charge is 0.756 e. The van der Waals surface area contributed by atoms with Gasteiger partial charge in [-0.15, -0.1) is 0 Å². The van der Waals surface area contributed by atoms with E-state index in [0.717, 1.165) is 89.9 Å². The molecule has 0 spiro atoms. The number of aliphatic hydroxyl groups excluding tert-OH is 1. The topological polar surface area (TPSA) is 108 Å². The predicted octanol–water partition coefficient (Wildman–Crippen LogP) is 18.2. The van der Waals surface area contributed by atoms with E-state index in [1.54, 1.807) is 0 Å². The number of unbranched alkanes of at least 4 members (excludes halogenated alkanes) is 28. The number of quaternary nitrogens is 1. The third kappa shape index (κ3) is 57.2. The first kappa shape index (κ1) is 70.7. The molecule has 0 saturated heterocycles. The highest BCUT2D eigenvalue weighted by Crippen LogP contribution is 2.38. The molecule has 0 rings (SSSR count). The molecule has 73 heavy (non-hydrogen) atoms. The Morgan fingerprint density at radius 1 is 0.493 bits per heavy atom. The van der Waals surface area contributed by atoms with Crippen LogP contribution in [0.15, 0.2) is 85.1 Å². The van der Waals surface area contributed by atoms with Gasteiger partial charge in [-0.3, -0.25) is 9.36 Å². The van der Waals surface area contributed by atoms with Gasteiger partial charge in [-0.1, -0.05) is 272 Å². The lowest BCUT2D eigenvalue weighted by Crippen LogP contribution is -2.46. The summed E-state index contributed by atoms with van der Waals surface area (Å²) in [4.78, 5) is 25.6. The van der Waals surface area contributed by atoms with E-state index < -0.39 is 20.0 Å². The highest BCUT2D eigenvalue weighted by molar-refractivity contribution is 7.45. The van der Waals surface area contributed by atoms with E-state index >= 15 is 0 Å². The van der Waals surface area contributed by atoms with Crippen molar-refractivity contribution in [1.82, 2.24) is 5.32 Å². The second-order valence-corrected chi connectivity index (χ2v) is 23.1. The van der Waals surface area contributed by atoms with E-state index in [1.807, 2.05) is 21.1 Å². The van der Waals surface area contributed by atoms with Crippen molar-refractivity contribution in [3.05, 3.63) is 85.1 Å². The van der Waals surface area contributed by atoms with Gasteiger partial charge < -0.3 is 28.8 Å². The molecular weight excluding hydrogens is 924 g/mol. The summed E-state index contributed by atoms with van der Waals surface area (Å²) in [7, 11) is 1.30. The summed E-state index contributed by atoms with van der Waals surface area (Å²) in [5.74, 6) is -0.172. The number of nitrogens with zero attached hydrogens (tertiary/aromatic N) is 1. The maximum atomic E-state index is 13.0. The summed E-state index contributed by atoms with van der Waals surface area (Å²) < 4.78 is 23.5. The molecule has 0 aliphatic heterocycles. The molecule has 1 amide bonds. The first-order chi connectivity index (χ1) is 35.5. The first-order valence-electron chi connectivity index (χ1n) is 30.4. The standard InChI is InChI=1S/C64H117N2O6P/c1-6-8-10-12-14-16-18-20-22-24-26-28-29-30-31-32-33-34-35-36-37-38-40-42-44-46-48-50-52-54-56-58-64(68)65-62(61-72-73(69,70)71-60-59-66(3,4)5)63(67)57-55-53-51-49-47-45-43-41-39-27-25-23-21-19-17-15-13-11-9-7-2/h8,10,14,16,20,22,26,28,30-31,33-34,36-37,62-63,67H,6-7,9,11-13,15,17-19,21,23-25,27,29,32,35,38-61H2,1-5H3,(H-,65,68,69,70)/b10-8-,16-14-,22-20-,28-26-,31-30-,34-33-,37-36-. The normalized spacial score (nSPS) is 14.5. The Hall–Kier alpha value is -2.32. The number of rotatable bonds is 55. The third-order valence-corrected chi connectivity index (χ3v) is 14.4. The lowest BCUT2D eigenvalue weighted by molar-refractivity contribution is -0.870. The maximum Gasteiger partial charge on any atom is 0.268 e. The van der Waals surface area contributed by atoms with Crippen molar-refractivity contribution >= 4 is 13.7 Å². The molecule has 424 valence electrons. The molecule has 0 radical (unpaired) electrons. The Labute approximate surface area is 452 Å². The van der Waals surface area contributed by atoms with Gasteiger partial charge in [0, 0.05) is 6.42 Å². The highest BCUT2D eigenvalue weighted by Gasteiger charge is 2.24. The van der Waals surface area contributed by atoms with Crippen LogP contribution in [0.3, 0.4) is 0 Å². The average molecular weight is 1040 g/mol. The number of nitrogens with one attached hydrogen (secondary N) is 1. The molecule has 0 aromatic carbocycles. The average Bonchev–Trinajstić information content (AvgIpc) is 3.35. The van der Waals surface area contributed by atoms with Crippen molar-refractivity contribution < 1.29 is 32.9 Å². The molecule has 0 aromatic heterocycles. The number of amides is 1. The van der Waals surface area contributed by atoms with Gasteiger partial charge in [-0.2, -0.15) is 0 Å². The molecule has 2 N–H and O–H groups in total. The Bertz CT molecular complexity index is 1460. The molecule has 8 nitrogen and oxygen atoms in total. The number of phosphoric acid groups is 1. The van der Waals surface area contributed by atoms with E-state index in [0.29, 0.717) is 23.9 Å². The smallest absolute Gasteiger partial charge is 0.268 e. The van der Waals surface area contributed by atoms with Crippen molar-refractivity contribution in [2.45, 2.75) is 276 Å². The monoisotopic (exact) mass is 1040 g/mol.